The summed E-state index contributed by atoms with van der Waals surface area (Å²) in [5.74, 6) is 0.558. The van der Waals surface area contributed by atoms with E-state index in [-0.39, 0.29) is 35.0 Å². The maximum absolute atomic E-state index is 11.2. The van der Waals surface area contributed by atoms with E-state index in [1.54, 1.807) is 18.2 Å². The fraction of sp³-hybridized carbons (Fsp3) is 0.333. The Hall–Kier alpha value is -2.11. The number of hydrogen-bond acceptors (Lipinski definition) is 4. The van der Waals surface area contributed by atoms with Gasteiger partial charge < -0.3 is 9.64 Å². The molecule has 2 atom stereocenters. The number of nitro groups is 1. The van der Waals surface area contributed by atoms with Gasteiger partial charge >= 0.3 is 5.69 Å². The van der Waals surface area contributed by atoms with Crippen LogP contribution in [0.15, 0.2) is 54.6 Å². The second kappa shape index (κ2) is 8.13. The van der Waals surface area contributed by atoms with Gasteiger partial charge in [-0.15, -0.1) is 12.4 Å². The number of rotatable bonds is 4. The van der Waals surface area contributed by atoms with Crippen molar-refractivity contribution in [2.24, 2.45) is 0 Å². The molecule has 0 unspecified atom stereocenters. The second-order valence-electron chi connectivity index (χ2n) is 5.95. The fourth-order valence-electron chi connectivity index (χ4n) is 3.13. The van der Waals surface area contributed by atoms with Gasteiger partial charge in [0.25, 0.3) is 0 Å². The van der Waals surface area contributed by atoms with E-state index in [4.69, 9.17) is 4.74 Å². The lowest BCUT2D eigenvalue weighted by Gasteiger charge is -2.37. The molecule has 0 saturated carbocycles. The van der Waals surface area contributed by atoms with Crippen LogP contribution >= 0.6 is 12.4 Å². The molecule has 3 rings (SSSR count). The van der Waals surface area contributed by atoms with Crippen molar-refractivity contribution in [1.82, 2.24) is 4.90 Å². The highest BCUT2D eigenvalue weighted by Gasteiger charge is 2.32. The minimum atomic E-state index is -0.387. The molecule has 1 aliphatic heterocycles. The lowest BCUT2D eigenvalue weighted by atomic mass is 9.88. The quantitative estimate of drug-likeness (QED) is 0.621. The molecule has 0 spiro atoms. The van der Waals surface area contributed by atoms with Gasteiger partial charge in [-0.25, -0.2) is 0 Å². The fourth-order valence-corrected chi connectivity index (χ4v) is 3.13. The van der Waals surface area contributed by atoms with Crippen LogP contribution in [0.3, 0.4) is 0 Å². The summed E-state index contributed by atoms with van der Waals surface area (Å²) in [5.41, 5.74) is 1.24. The smallest absolute Gasteiger partial charge is 0.310 e. The molecular formula is C18H21ClN2O3. The van der Waals surface area contributed by atoms with Crippen LogP contribution < -0.4 is 4.74 Å². The van der Waals surface area contributed by atoms with Crippen molar-refractivity contribution < 1.29 is 9.66 Å². The van der Waals surface area contributed by atoms with E-state index in [2.05, 4.69) is 24.1 Å². The van der Waals surface area contributed by atoms with Crippen LogP contribution in [0, 0.1) is 10.1 Å². The van der Waals surface area contributed by atoms with Crippen molar-refractivity contribution in [3.63, 3.8) is 0 Å². The lowest BCUT2D eigenvalue weighted by Crippen LogP contribution is -2.42. The van der Waals surface area contributed by atoms with Crippen molar-refractivity contribution in [3.05, 3.63) is 70.3 Å². The minimum absolute atomic E-state index is 0. The SMILES string of the molecule is CN1CC[C@@H](Oc2ccccc2[N+](=O)[O-])[C@@H](c2ccccc2)C1.Cl. The first-order valence-electron chi connectivity index (χ1n) is 7.78. The number of likely N-dealkylation sites (tertiary alicyclic amines) is 1. The Morgan fingerprint density at radius 2 is 1.79 bits per heavy atom. The van der Waals surface area contributed by atoms with E-state index in [0.717, 1.165) is 19.5 Å². The van der Waals surface area contributed by atoms with Crippen molar-refractivity contribution in [2.45, 2.75) is 18.4 Å². The van der Waals surface area contributed by atoms with Crippen LogP contribution in [0.1, 0.15) is 17.9 Å². The average Bonchev–Trinajstić information content (AvgIpc) is 2.57. The highest BCUT2D eigenvalue weighted by atomic mass is 35.5. The molecule has 2 aromatic rings. The number of likely N-dealkylation sites (N-methyl/N-ethyl adjacent to an activating group) is 1. The average molecular weight is 349 g/mol. The number of nitrogens with zero attached hydrogens (tertiary/aromatic N) is 2. The maximum Gasteiger partial charge on any atom is 0.310 e. The molecule has 24 heavy (non-hydrogen) atoms. The van der Waals surface area contributed by atoms with E-state index < -0.39 is 0 Å². The number of hydrogen-bond donors (Lipinski definition) is 0. The molecule has 2 aromatic carbocycles. The molecule has 1 saturated heterocycles. The number of benzene rings is 2. The monoisotopic (exact) mass is 348 g/mol. The molecule has 0 aliphatic carbocycles. The molecule has 1 heterocycles. The van der Waals surface area contributed by atoms with Crippen LogP contribution in [0.4, 0.5) is 5.69 Å². The molecule has 6 heteroatoms. The Bertz CT molecular complexity index is 681. The molecule has 0 amide bonds. The second-order valence-corrected chi connectivity index (χ2v) is 5.95. The van der Waals surface area contributed by atoms with E-state index in [0.29, 0.717) is 5.75 Å². The van der Waals surface area contributed by atoms with Gasteiger partial charge in [-0.1, -0.05) is 42.5 Å². The summed E-state index contributed by atoms with van der Waals surface area (Å²) >= 11 is 0. The number of halogens is 1. The Morgan fingerprint density at radius 3 is 2.50 bits per heavy atom. The molecule has 0 radical (unpaired) electrons. The topological polar surface area (TPSA) is 55.6 Å². The van der Waals surface area contributed by atoms with Crippen LogP contribution in [0.25, 0.3) is 0 Å². The normalized spacial score (nSPS) is 20.9. The summed E-state index contributed by atoms with van der Waals surface area (Å²) in [6.45, 7) is 1.81. The third kappa shape index (κ3) is 4.04. The summed E-state index contributed by atoms with van der Waals surface area (Å²) in [6, 6.07) is 16.8. The van der Waals surface area contributed by atoms with Crippen molar-refractivity contribution in [2.75, 3.05) is 20.1 Å². The summed E-state index contributed by atoms with van der Waals surface area (Å²) in [4.78, 5) is 13.1. The van der Waals surface area contributed by atoms with Gasteiger partial charge in [-0.2, -0.15) is 0 Å². The molecular weight excluding hydrogens is 328 g/mol. The third-order valence-corrected chi connectivity index (χ3v) is 4.32. The molecule has 0 aromatic heterocycles. The van der Waals surface area contributed by atoms with E-state index in [1.807, 2.05) is 18.2 Å². The molecule has 128 valence electrons. The van der Waals surface area contributed by atoms with E-state index >= 15 is 0 Å². The first-order chi connectivity index (χ1) is 11.1. The Labute approximate surface area is 147 Å². The van der Waals surface area contributed by atoms with E-state index in [9.17, 15) is 10.1 Å². The molecule has 0 N–H and O–H groups in total. The third-order valence-electron chi connectivity index (χ3n) is 4.32. The van der Waals surface area contributed by atoms with Crippen LogP contribution in [0.2, 0.25) is 0 Å². The van der Waals surface area contributed by atoms with Crippen LogP contribution in [-0.2, 0) is 0 Å². The first kappa shape index (κ1) is 18.2. The van der Waals surface area contributed by atoms with Crippen molar-refractivity contribution in [1.29, 1.82) is 0 Å². The zero-order valence-corrected chi connectivity index (χ0v) is 14.3. The molecule has 5 nitrogen and oxygen atoms in total. The summed E-state index contributed by atoms with van der Waals surface area (Å²) in [7, 11) is 2.09. The number of piperidine rings is 1. The van der Waals surface area contributed by atoms with Gasteiger partial charge in [-0.05, 0) is 25.1 Å². The highest BCUT2D eigenvalue weighted by molar-refractivity contribution is 5.85. The van der Waals surface area contributed by atoms with Gasteiger partial charge in [0.2, 0.25) is 0 Å². The lowest BCUT2D eigenvalue weighted by molar-refractivity contribution is -0.386. The first-order valence-corrected chi connectivity index (χ1v) is 7.78. The highest BCUT2D eigenvalue weighted by Crippen LogP contribution is 2.34. The van der Waals surface area contributed by atoms with Crippen LogP contribution in [0.5, 0.6) is 5.75 Å². The van der Waals surface area contributed by atoms with Gasteiger partial charge in [-0.3, -0.25) is 10.1 Å². The Kier molecular flexibility index (Phi) is 6.17. The zero-order valence-electron chi connectivity index (χ0n) is 13.5. The zero-order chi connectivity index (χ0) is 16.2. The Morgan fingerprint density at radius 1 is 1.12 bits per heavy atom. The Balaban J connectivity index is 0.00000208. The summed E-state index contributed by atoms with van der Waals surface area (Å²) in [6.07, 6.45) is 0.789. The number of nitro benzene ring substituents is 1. The van der Waals surface area contributed by atoms with Gasteiger partial charge in [0.1, 0.15) is 6.10 Å². The van der Waals surface area contributed by atoms with Gasteiger partial charge in [0, 0.05) is 25.1 Å². The predicted octanol–water partition coefficient (Wildman–Crippen LogP) is 3.88. The number of ether oxygens (including phenoxy) is 1. The molecule has 0 bridgehead atoms. The summed E-state index contributed by atoms with van der Waals surface area (Å²) < 4.78 is 6.09. The van der Waals surface area contributed by atoms with E-state index in [1.165, 1.54) is 11.6 Å². The molecule has 1 fully saturated rings. The number of para-hydroxylation sites is 2. The van der Waals surface area contributed by atoms with Gasteiger partial charge in [0.15, 0.2) is 5.75 Å². The van der Waals surface area contributed by atoms with Crippen molar-refractivity contribution >= 4 is 18.1 Å². The summed E-state index contributed by atoms with van der Waals surface area (Å²) in [5, 5.41) is 11.2. The van der Waals surface area contributed by atoms with Crippen LogP contribution in [-0.4, -0.2) is 36.1 Å². The maximum atomic E-state index is 11.2. The minimum Gasteiger partial charge on any atom is -0.483 e. The standard InChI is InChI=1S/C18H20N2O3.ClH/c1-19-12-11-17(15(13-19)14-7-3-2-4-8-14)23-18-10-6-5-9-16(18)20(21)22;/h2-10,15,17H,11-13H2,1H3;1H/t15-,17-;/m1./s1. The van der Waals surface area contributed by atoms with Crippen molar-refractivity contribution in [3.8, 4) is 5.75 Å². The van der Waals surface area contributed by atoms with Gasteiger partial charge in [0.05, 0.1) is 4.92 Å². The predicted molar refractivity (Wildman–Crippen MR) is 96.1 cm³/mol. The largest absolute Gasteiger partial charge is 0.483 e. The molecule has 1 aliphatic rings.